The third-order valence-electron chi connectivity index (χ3n) is 3.75. The number of hydrogen-bond acceptors (Lipinski definition) is 7. The van der Waals surface area contributed by atoms with Crippen LogP contribution in [0.3, 0.4) is 0 Å². The summed E-state index contributed by atoms with van der Waals surface area (Å²) in [5.41, 5.74) is 0.720. The molecule has 9 nitrogen and oxygen atoms in total. The van der Waals surface area contributed by atoms with Crippen LogP contribution < -0.4 is 9.21 Å². The molecule has 2 aliphatic heterocycles. The Kier molecular flexibility index (Phi) is 3.87. The molecule has 0 saturated carbocycles. The Balaban J connectivity index is 2.03. The lowest BCUT2D eigenvalue weighted by Crippen LogP contribution is -2.36. The molecule has 0 bridgehead atoms. The molecule has 120 valence electrons. The van der Waals surface area contributed by atoms with Crippen LogP contribution in [-0.4, -0.2) is 56.9 Å². The largest absolute Gasteiger partial charge is 0.388 e. The number of pyridine rings is 1. The first-order valence-corrected chi connectivity index (χ1v) is 8.57. The number of ether oxygens (including phenoxy) is 1. The highest BCUT2D eigenvalue weighted by atomic mass is 32.2. The number of hydrogen-bond donors (Lipinski definition) is 0. The zero-order valence-corrected chi connectivity index (χ0v) is 12.7. The summed E-state index contributed by atoms with van der Waals surface area (Å²) < 4.78 is 30.5. The zero-order chi connectivity index (χ0) is 15.7. The first-order valence-electron chi connectivity index (χ1n) is 6.96. The first kappa shape index (κ1) is 15.0. The molecule has 3 rings (SSSR count). The molecule has 1 aromatic rings. The van der Waals surface area contributed by atoms with Crippen LogP contribution in [0.5, 0.6) is 0 Å². The quantitative estimate of drug-likeness (QED) is 0.583. The van der Waals surface area contributed by atoms with Crippen LogP contribution >= 0.6 is 0 Å². The average molecular weight is 328 g/mol. The van der Waals surface area contributed by atoms with Crippen molar-refractivity contribution in [2.45, 2.75) is 6.42 Å². The van der Waals surface area contributed by atoms with E-state index in [2.05, 4.69) is 4.98 Å². The summed E-state index contributed by atoms with van der Waals surface area (Å²) >= 11 is 0. The highest BCUT2D eigenvalue weighted by molar-refractivity contribution is 7.93. The molecule has 10 heteroatoms. The zero-order valence-electron chi connectivity index (χ0n) is 11.8. The van der Waals surface area contributed by atoms with Gasteiger partial charge in [-0.1, -0.05) is 0 Å². The number of rotatable bonds is 3. The number of sulfonamides is 1. The molecule has 1 aromatic heterocycles. The van der Waals surface area contributed by atoms with Crippen LogP contribution in [0.15, 0.2) is 12.3 Å². The molecular formula is C12H16N4O5S. The minimum Gasteiger partial charge on any atom is -0.378 e. The molecule has 0 aliphatic carbocycles. The summed E-state index contributed by atoms with van der Waals surface area (Å²) in [7, 11) is -3.50. The van der Waals surface area contributed by atoms with Gasteiger partial charge >= 0.3 is 5.82 Å². The smallest absolute Gasteiger partial charge is 0.378 e. The van der Waals surface area contributed by atoms with E-state index >= 15 is 0 Å². The van der Waals surface area contributed by atoms with Crippen molar-refractivity contribution in [3.05, 3.63) is 22.4 Å². The number of anilines is 2. The number of nitrogens with zero attached hydrogens (tertiary/aromatic N) is 4. The molecule has 0 aromatic carbocycles. The maximum atomic E-state index is 12.1. The molecule has 0 radical (unpaired) electrons. The van der Waals surface area contributed by atoms with Gasteiger partial charge in [0.25, 0.3) is 0 Å². The Labute approximate surface area is 127 Å². The average Bonchev–Trinajstić information content (AvgIpc) is 2.86. The Bertz CT molecular complexity index is 687. The minimum atomic E-state index is -3.50. The van der Waals surface area contributed by atoms with E-state index in [0.29, 0.717) is 38.4 Å². The predicted octanol–water partition coefficient (Wildman–Crippen LogP) is 0.366. The molecule has 0 atom stereocenters. The maximum Gasteiger partial charge on any atom is 0.388 e. The summed E-state index contributed by atoms with van der Waals surface area (Å²) in [6.07, 6.45) is 1.87. The highest BCUT2D eigenvalue weighted by Gasteiger charge is 2.34. The van der Waals surface area contributed by atoms with Gasteiger partial charge in [0.2, 0.25) is 10.0 Å². The SMILES string of the molecule is O=[N+]([O-])c1ncc(N2CCOCC2)cc1N1CCCS1(=O)=O. The van der Waals surface area contributed by atoms with Gasteiger partial charge in [-0.05, 0) is 22.4 Å². The van der Waals surface area contributed by atoms with Crippen LogP contribution in [0, 0.1) is 10.1 Å². The van der Waals surface area contributed by atoms with Gasteiger partial charge in [-0.25, -0.2) is 8.42 Å². The van der Waals surface area contributed by atoms with Gasteiger partial charge in [0, 0.05) is 19.6 Å². The lowest BCUT2D eigenvalue weighted by molar-refractivity contribution is -0.388. The lowest BCUT2D eigenvalue weighted by Gasteiger charge is -2.28. The Morgan fingerprint density at radius 2 is 2.00 bits per heavy atom. The third kappa shape index (κ3) is 2.71. The second-order valence-electron chi connectivity index (χ2n) is 5.13. The monoisotopic (exact) mass is 328 g/mol. The summed E-state index contributed by atoms with van der Waals surface area (Å²) in [6, 6.07) is 1.54. The second-order valence-corrected chi connectivity index (χ2v) is 7.15. The highest BCUT2D eigenvalue weighted by Crippen LogP contribution is 2.34. The van der Waals surface area contributed by atoms with E-state index in [-0.39, 0.29) is 18.0 Å². The number of morpholine rings is 1. The van der Waals surface area contributed by atoms with E-state index in [1.807, 2.05) is 4.90 Å². The standard InChI is InChI=1S/C12H16N4O5S/c17-16(18)12-11(15-2-1-7-22(15,19)20)8-10(9-13-12)14-3-5-21-6-4-14/h8-9H,1-7H2. The first-order chi connectivity index (χ1) is 10.5. The molecule has 0 amide bonds. The summed E-state index contributed by atoms with van der Waals surface area (Å²) in [4.78, 5) is 16.4. The molecule has 22 heavy (non-hydrogen) atoms. The van der Waals surface area contributed by atoms with Gasteiger partial charge in [-0.15, -0.1) is 0 Å². The molecule has 0 spiro atoms. The Morgan fingerprint density at radius 3 is 2.59 bits per heavy atom. The van der Waals surface area contributed by atoms with Crippen molar-refractivity contribution in [1.82, 2.24) is 4.98 Å². The molecule has 2 saturated heterocycles. The van der Waals surface area contributed by atoms with E-state index in [1.165, 1.54) is 6.20 Å². The van der Waals surface area contributed by atoms with Gasteiger partial charge in [0.05, 0.1) is 24.7 Å². The van der Waals surface area contributed by atoms with Crippen molar-refractivity contribution in [2.75, 3.05) is 47.8 Å². The topological polar surface area (TPSA) is 106 Å². The van der Waals surface area contributed by atoms with Gasteiger partial charge in [-0.2, -0.15) is 0 Å². The van der Waals surface area contributed by atoms with Gasteiger partial charge < -0.3 is 19.8 Å². The van der Waals surface area contributed by atoms with Gasteiger partial charge in [0.1, 0.15) is 0 Å². The van der Waals surface area contributed by atoms with Crippen molar-refractivity contribution in [3.8, 4) is 0 Å². The van der Waals surface area contributed by atoms with Crippen LogP contribution in [-0.2, 0) is 14.8 Å². The second kappa shape index (κ2) is 5.69. The lowest BCUT2D eigenvalue weighted by atomic mass is 10.3. The molecule has 3 heterocycles. The molecule has 0 unspecified atom stereocenters. The fourth-order valence-corrected chi connectivity index (χ4v) is 4.22. The molecule has 2 aliphatic rings. The number of aromatic nitrogens is 1. The molecule has 0 N–H and O–H groups in total. The molecular weight excluding hydrogens is 312 g/mol. The Morgan fingerprint density at radius 1 is 1.27 bits per heavy atom. The van der Waals surface area contributed by atoms with Gasteiger partial charge in [-0.3, -0.25) is 4.31 Å². The van der Waals surface area contributed by atoms with E-state index in [4.69, 9.17) is 4.74 Å². The number of nitro groups is 1. The summed E-state index contributed by atoms with van der Waals surface area (Å²) in [5.74, 6) is -0.422. The van der Waals surface area contributed by atoms with Crippen molar-refractivity contribution in [3.63, 3.8) is 0 Å². The summed E-state index contributed by atoms with van der Waals surface area (Å²) in [5, 5.41) is 11.2. The van der Waals surface area contributed by atoms with Crippen molar-refractivity contribution >= 4 is 27.2 Å². The van der Waals surface area contributed by atoms with Crippen LogP contribution in [0.2, 0.25) is 0 Å². The maximum absolute atomic E-state index is 12.1. The fourth-order valence-electron chi connectivity index (χ4n) is 2.66. The van der Waals surface area contributed by atoms with E-state index < -0.39 is 20.8 Å². The predicted molar refractivity (Wildman–Crippen MR) is 79.7 cm³/mol. The Hall–Kier alpha value is -1.94. The third-order valence-corrected chi connectivity index (χ3v) is 5.61. The normalized spacial score (nSPS) is 21.1. The van der Waals surface area contributed by atoms with Crippen molar-refractivity contribution in [1.29, 1.82) is 0 Å². The van der Waals surface area contributed by atoms with Crippen molar-refractivity contribution in [2.24, 2.45) is 0 Å². The molecule has 2 fully saturated rings. The van der Waals surface area contributed by atoms with Crippen LogP contribution in [0.25, 0.3) is 0 Å². The van der Waals surface area contributed by atoms with E-state index in [0.717, 1.165) is 4.31 Å². The summed E-state index contributed by atoms with van der Waals surface area (Å²) in [6.45, 7) is 2.66. The van der Waals surface area contributed by atoms with Crippen molar-refractivity contribution < 1.29 is 18.1 Å². The van der Waals surface area contributed by atoms with E-state index in [1.54, 1.807) is 6.07 Å². The fraction of sp³-hybridized carbons (Fsp3) is 0.583. The van der Waals surface area contributed by atoms with Gasteiger partial charge in [0.15, 0.2) is 11.9 Å². The van der Waals surface area contributed by atoms with Crippen LogP contribution in [0.1, 0.15) is 6.42 Å². The van der Waals surface area contributed by atoms with Crippen LogP contribution in [0.4, 0.5) is 17.2 Å². The minimum absolute atomic E-state index is 0.00589. The van der Waals surface area contributed by atoms with E-state index in [9.17, 15) is 18.5 Å².